The summed E-state index contributed by atoms with van der Waals surface area (Å²) in [6.07, 6.45) is 5.52. The Morgan fingerprint density at radius 1 is 0.909 bits per heavy atom. The van der Waals surface area contributed by atoms with Crippen molar-refractivity contribution in [2.24, 2.45) is 11.8 Å². The second-order valence-corrected chi connectivity index (χ2v) is 13.2. The molecule has 0 radical (unpaired) electrons. The van der Waals surface area contributed by atoms with Gasteiger partial charge in [-0.3, -0.25) is 19.2 Å². The van der Waals surface area contributed by atoms with Gasteiger partial charge >= 0.3 is 11.9 Å². The first-order valence-corrected chi connectivity index (χ1v) is 16.2. The van der Waals surface area contributed by atoms with Crippen molar-refractivity contribution in [3.8, 4) is 0 Å². The van der Waals surface area contributed by atoms with Crippen LogP contribution in [0.5, 0.6) is 0 Å². The smallest absolute Gasteiger partial charge is 0.303 e. The Hall–Kier alpha value is -3.99. The van der Waals surface area contributed by atoms with Crippen LogP contribution in [0, 0.1) is 25.7 Å². The number of aliphatic carboxylic acids is 2. The average Bonchev–Trinajstić information content (AvgIpc) is 3.53. The fourth-order valence-corrected chi connectivity index (χ4v) is 7.44. The molecular weight excluding hydrogens is 580 g/mol. The summed E-state index contributed by atoms with van der Waals surface area (Å²) in [5.41, 5.74) is 10.2. The van der Waals surface area contributed by atoms with Crippen molar-refractivity contribution in [2.45, 2.75) is 78.4 Å². The molecule has 0 aliphatic carbocycles. The third kappa shape index (κ3) is 6.29. The lowest BCUT2D eigenvalue weighted by Gasteiger charge is -2.12. The number of H-pyrrole nitrogens is 2. The van der Waals surface area contributed by atoms with Crippen LogP contribution in [0.3, 0.4) is 0 Å². The van der Waals surface area contributed by atoms with Crippen LogP contribution in [-0.2, 0) is 38.4 Å². The molecule has 0 unspecified atom stereocenters. The number of carbonyl (C=O) groups excluding carboxylic acids is 2. The van der Waals surface area contributed by atoms with E-state index in [1.165, 1.54) is 0 Å². The van der Waals surface area contributed by atoms with Crippen LogP contribution in [0.25, 0.3) is 12.2 Å². The summed E-state index contributed by atoms with van der Waals surface area (Å²) in [6, 6.07) is 0. The number of allylic oxidation sites excluding steroid dienone is 2. The standard InChI is InChI=1S/C33H40N4O6S/c1-6-19-15(2)24(36-33(19)43)11-22-16(3)20(7-9-29(38)39)25(34-22)13-26-21(8-10-30(40)41)17(4)23(35-26)12-27-31(28-14-44-28)18(5)32(42)37-27/h11-12,18,28,31,34-35H,6-10,13-14H2,1-5H3,(H,36,43)(H,37,42)(H,38,39)(H,40,41)/b24-11-,27-12-/t18-,28-,31-/m1/s1. The Morgan fingerprint density at radius 2 is 1.45 bits per heavy atom. The Morgan fingerprint density at radius 3 is 1.93 bits per heavy atom. The van der Waals surface area contributed by atoms with Crippen molar-refractivity contribution in [1.29, 1.82) is 0 Å². The summed E-state index contributed by atoms with van der Waals surface area (Å²) in [7, 11) is 0. The van der Waals surface area contributed by atoms with Gasteiger partial charge in [0.05, 0.1) is 0 Å². The summed E-state index contributed by atoms with van der Waals surface area (Å²) in [4.78, 5) is 55.2. The largest absolute Gasteiger partial charge is 0.481 e. The number of carboxylic acid groups (broad SMARTS) is 2. The predicted molar refractivity (Wildman–Crippen MR) is 170 cm³/mol. The van der Waals surface area contributed by atoms with E-state index < -0.39 is 11.9 Å². The summed E-state index contributed by atoms with van der Waals surface area (Å²) in [5, 5.41) is 25.4. The lowest BCUT2D eigenvalue weighted by Crippen LogP contribution is -2.17. The van der Waals surface area contributed by atoms with E-state index in [1.54, 1.807) is 0 Å². The van der Waals surface area contributed by atoms with Crippen molar-refractivity contribution in [3.63, 3.8) is 0 Å². The van der Waals surface area contributed by atoms with Crippen LogP contribution in [0.15, 0.2) is 22.5 Å². The zero-order valence-corrected chi connectivity index (χ0v) is 26.6. The summed E-state index contributed by atoms with van der Waals surface area (Å²) >= 11 is 1.85. The molecule has 3 aliphatic heterocycles. The van der Waals surface area contributed by atoms with Gasteiger partial charge in [-0.1, -0.05) is 13.8 Å². The van der Waals surface area contributed by atoms with Gasteiger partial charge in [0, 0.05) is 81.8 Å². The molecule has 6 N–H and O–H groups in total. The van der Waals surface area contributed by atoms with Crippen LogP contribution >= 0.6 is 11.8 Å². The number of amides is 2. The molecule has 2 amide bonds. The minimum absolute atomic E-state index is 0.0189. The third-order valence-electron chi connectivity index (χ3n) is 9.20. The van der Waals surface area contributed by atoms with E-state index in [2.05, 4.69) is 20.6 Å². The SMILES string of the molecule is CCC1=C(C)/C(=C/c2[nH]c(Cc3[nH]c(/C=C4\NC(=O)[C@H](C)[C@H]4[C@H]4CS4)c(C)c3CCC(=O)O)c(CCC(=O)O)c2C)NC1=O. The van der Waals surface area contributed by atoms with Gasteiger partial charge in [-0.2, -0.15) is 11.8 Å². The minimum Gasteiger partial charge on any atom is -0.481 e. The second-order valence-electron chi connectivity index (χ2n) is 12.0. The van der Waals surface area contributed by atoms with E-state index in [9.17, 15) is 29.4 Å². The van der Waals surface area contributed by atoms with Gasteiger partial charge in [0.25, 0.3) is 5.91 Å². The number of hydrogen-bond acceptors (Lipinski definition) is 5. The number of nitrogens with one attached hydrogen (secondary N) is 4. The topological polar surface area (TPSA) is 164 Å². The van der Waals surface area contributed by atoms with Crippen LogP contribution in [0.4, 0.5) is 0 Å². The predicted octanol–water partition coefficient (Wildman–Crippen LogP) is 4.62. The summed E-state index contributed by atoms with van der Waals surface area (Å²) < 4.78 is 0. The highest BCUT2D eigenvalue weighted by Crippen LogP contribution is 2.46. The Labute approximate surface area is 260 Å². The number of hydrogen-bond donors (Lipinski definition) is 6. The number of carboxylic acids is 2. The maximum atomic E-state index is 12.6. The molecule has 5 heterocycles. The van der Waals surface area contributed by atoms with E-state index >= 15 is 0 Å². The molecule has 2 aromatic rings. The second kappa shape index (κ2) is 12.6. The lowest BCUT2D eigenvalue weighted by molar-refractivity contribution is -0.138. The molecule has 3 atom stereocenters. The Balaban J connectivity index is 1.55. The molecule has 5 rings (SSSR count). The number of thioether (sulfide) groups is 1. The molecule has 0 bridgehead atoms. The van der Waals surface area contributed by atoms with Crippen molar-refractivity contribution < 1.29 is 29.4 Å². The van der Waals surface area contributed by atoms with Crippen molar-refractivity contribution in [3.05, 3.63) is 67.6 Å². The molecule has 11 heteroatoms. The minimum atomic E-state index is -0.895. The highest BCUT2D eigenvalue weighted by atomic mass is 32.2. The Kier molecular flexibility index (Phi) is 8.97. The number of carbonyl (C=O) groups is 4. The van der Waals surface area contributed by atoms with Gasteiger partial charge in [0.2, 0.25) is 5.91 Å². The van der Waals surface area contributed by atoms with Gasteiger partial charge < -0.3 is 30.8 Å². The molecule has 2 saturated heterocycles. The van der Waals surface area contributed by atoms with Gasteiger partial charge in [0.1, 0.15) is 0 Å². The van der Waals surface area contributed by atoms with Crippen molar-refractivity contribution in [2.75, 3.05) is 5.75 Å². The number of rotatable bonds is 12. The third-order valence-corrected chi connectivity index (χ3v) is 10.2. The van der Waals surface area contributed by atoms with E-state index in [4.69, 9.17) is 0 Å². The van der Waals surface area contributed by atoms with Crippen LogP contribution in [0.2, 0.25) is 0 Å². The molecule has 234 valence electrons. The van der Waals surface area contributed by atoms with E-state index in [1.807, 2.05) is 58.5 Å². The van der Waals surface area contributed by atoms with Gasteiger partial charge in [0.15, 0.2) is 0 Å². The van der Waals surface area contributed by atoms with Gasteiger partial charge in [-0.25, -0.2) is 0 Å². The van der Waals surface area contributed by atoms with E-state index in [0.717, 1.165) is 73.3 Å². The average molecular weight is 621 g/mol. The van der Waals surface area contributed by atoms with Crippen LogP contribution in [0.1, 0.15) is 85.1 Å². The molecule has 2 fully saturated rings. The molecule has 0 aromatic carbocycles. The Bertz CT molecular complexity index is 1640. The molecule has 0 saturated carbocycles. The maximum absolute atomic E-state index is 12.6. The normalized spacial score (nSPS) is 23.2. The first-order valence-electron chi connectivity index (χ1n) is 15.1. The number of aromatic amines is 2. The monoisotopic (exact) mass is 620 g/mol. The zero-order valence-electron chi connectivity index (χ0n) is 25.8. The fourth-order valence-electron chi connectivity index (χ4n) is 6.53. The van der Waals surface area contributed by atoms with Crippen molar-refractivity contribution >= 4 is 47.7 Å². The van der Waals surface area contributed by atoms with Gasteiger partial charge in [-0.05, 0) is 80.0 Å². The lowest BCUT2D eigenvalue weighted by atomic mass is 9.91. The quantitative estimate of drug-likeness (QED) is 0.189. The van der Waals surface area contributed by atoms with Gasteiger partial charge in [-0.15, -0.1) is 0 Å². The highest BCUT2D eigenvalue weighted by molar-refractivity contribution is 8.06. The zero-order chi connectivity index (χ0) is 31.9. The van der Waals surface area contributed by atoms with Crippen LogP contribution in [-0.4, -0.2) is 54.9 Å². The molecule has 3 aliphatic rings. The van der Waals surface area contributed by atoms with Crippen LogP contribution < -0.4 is 10.6 Å². The maximum Gasteiger partial charge on any atom is 0.303 e. The summed E-state index contributed by atoms with van der Waals surface area (Å²) in [5.74, 6) is -0.826. The van der Waals surface area contributed by atoms with E-state index in [-0.39, 0.29) is 36.5 Å². The fraction of sp³-hybridized carbons (Fsp3) is 0.455. The first-order chi connectivity index (χ1) is 20.9. The summed E-state index contributed by atoms with van der Waals surface area (Å²) in [6.45, 7) is 9.73. The first kappa shape index (κ1) is 31.4. The molecule has 10 nitrogen and oxygen atoms in total. The highest BCUT2D eigenvalue weighted by Gasteiger charge is 2.45. The molecule has 0 spiro atoms. The molecule has 44 heavy (non-hydrogen) atoms. The molecular formula is C33H40N4O6S. The van der Waals surface area contributed by atoms with Crippen molar-refractivity contribution in [1.82, 2.24) is 20.6 Å². The van der Waals surface area contributed by atoms with E-state index in [0.29, 0.717) is 30.9 Å². The molecule has 2 aromatic heterocycles. The number of aromatic nitrogens is 2.